The molecule has 1 amide bonds. The summed E-state index contributed by atoms with van der Waals surface area (Å²) in [6.45, 7) is 0.584. The zero-order valence-electron chi connectivity index (χ0n) is 7.42. The molecule has 1 aromatic heterocycles. The zero-order valence-corrected chi connectivity index (χ0v) is 7.42. The average Bonchev–Trinajstić information content (AvgIpc) is 2.25. The van der Waals surface area contributed by atoms with Gasteiger partial charge in [0.2, 0.25) is 0 Å². The van der Waals surface area contributed by atoms with Crippen molar-refractivity contribution in [2.24, 2.45) is 5.11 Å². The Morgan fingerprint density at radius 3 is 3.21 bits per heavy atom. The summed E-state index contributed by atoms with van der Waals surface area (Å²) in [6, 6.07) is 3.35. The molecule has 0 atom stereocenters. The molecule has 6 heteroatoms. The monoisotopic (exact) mass is 191 g/mol. The molecule has 0 aliphatic rings. The fourth-order valence-corrected chi connectivity index (χ4v) is 0.863. The SMILES string of the molecule is [N-]=[N+]=NCCNC(=O)c1cccnc1. The largest absolute Gasteiger partial charge is 0.352 e. The normalized spacial score (nSPS) is 8.86. The lowest BCUT2D eigenvalue weighted by Crippen LogP contribution is -2.25. The lowest BCUT2D eigenvalue weighted by atomic mass is 10.3. The highest BCUT2D eigenvalue weighted by atomic mass is 16.1. The Hall–Kier alpha value is -2.07. The van der Waals surface area contributed by atoms with E-state index in [1.165, 1.54) is 6.20 Å². The number of hydrogen-bond donors (Lipinski definition) is 1. The lowest BCUT2D eigenvalue weighted by molar-refractivity contribution is 0.0954. The Balaban J connectivity index is 2.40. The highest BCUT2D eigenvalue weighted by Crippen LogP contribution is 1.94. The molecule has 1 N–H and O–H groups in total. The van der Waals surface area contributed by atoms with Gasteiger partial charge in [0.1, 0.15) is 0 Å². The van der Waals surface area contributed by atoms with Gasteiger partial charge in [-0.3, -0.25) is 9.78 Å². The van der Waals surface area contributed by atoms with Gasteiger partial charge in [-0.05, 0) is 17.7 Å². The van der Waals surface area contributed by atoms with Crippen LogP contribution in [0.2, 0.25) is 0 Å². The van der Waals surface area contributed by atoms with E-state index in [-0.39, 0.29) is 12.5 Å². The van der Waals surface area contributed by atoms with E-state index in [4.69, 9.17) is 5.53 Å². The van der Waals surface area contributed by atoms with Crippen LogP contribution in [0.3, 0.4) is 0 Å². The van der Waals surface area contributed by atoms with E-state index in [1.54, 1.807) is 18.3 Å². The van der Waals surface area contributed by atoms with Crippen LogP contribution in [-0.4, -0.2) is 24.0 Å². The Morgan fingerprint density at radius 2 is 2.57 bits per heavy atom. The molecule has 0 radical (unpaired) electrons. The maximum absolute atomic E-state index is 11.3. The number of hydrogen-bond acceptors (Lipinski definition) is 3. The number of rotatable bonds is 4. The zero-order chi connectivity index (χ0) is 10.2. The number of pyridine rings is 1. The number of carbonyl (C=O) groups is 1. The van der Waals surface area contributed by atoms with E-state index in [9.17, 15) is 4.79 Å². The number of aromatic nitrogens is 1. The van der Waals surface area contributed by atoms with E-state index < -0.39 is 0 Å². The Kier molecular flexibility index (Phi) is 3.97. The Labute approximate surface area is 80.6 Å². The second-order valence-corrected chi connectivity index (χ2v) is 2.45. The molecule has 0 saturated heterocycles. The first-order valence-corrected chi connectivity index (χ1v) is 4.03. The third kappa shape index (κ3) is 3.12. The second kappa shape index (κ2) is 5.55. The quantitative estimate of drug-likeness (QED) is 0.334. The van der Waals surface area contributed by atoms with Crippen LogP contribution in [0.1, 0.15) is 10.4 Å². The smallest absolute Gasteiger partial charge is 0.252 e. The Morgan fingerprint density at radius 1 is 1.71 bits per heavy atom. The fourth-order valence-electron chi connectivity index (χ4n) is 0.863. The summed E-state index contributed by atoms with van der Waals surface area (Å²) >= 11 is 0. The van der Waals surface area contributed by atoms with Crippen LogP contribution in [0.4, 0.5) is 0 Å². The standard InChI is InChI=1S/C8H9N5O/c9-13-12-5-4-11-8(14)7-2-1-3-10-6-7/h1-3,6H,4-5H2,(H,11,14). The first-order chi connectivity index (χ1) is 6.84. The van der Waals surface area contributed by atoms with Crippen molar-refractivity contribution in [3.8, 4) is 0 Å². The van der Waals surface area contributed by atoms with Gasteiger partial charge in [-0.15, -0.1) is 0 Å². The van der Waals surface area contributed by atoms with Gasteiger partial charge in [0.25, 0.3) is 5.91 Å². The van der Waals surface area contributed by atoms with E-state index in [2.05, 4.69) is 20.3 Å². The van der Waals surface area contributed by atoms with Crippen molar-refractivity contribution in [2.75, 3.05) is 13.1 Å². The second-order valence-electron chi connectivity index (χ2n) is 2.45. The molecular weight excluding hydrogens is 182 g/mol. The van der Waals surface area contributed by atoms with Crippen LogP contribution >= 0.6 is 0 Å². The summed E-state index contributed by atoms with van der Waals surface area (Å²) in [5.74, 6) is -0.216. The van der Waals surface area contributed by atoms with E-state index >= 15 is 0 Å². The molecule has 0 saturated carbocycles. The van der Waals surface area contributed by atoms with Crippen LogP contribution in [0, 0.1) is 0 Å². The van der Waals surface area contributed by atoms with Crippen LogP contribution in [0.15, 0.2) is 29.6 Å². The summed E-state index contributed by atoms with van der Waals surface area (Å²) in [5.41, 5.74) is 8.48. The molecule has 6 nitrogen and oxygen atoms in total. The number of nitrogens with zero attached hydrogens (tertiary/aromatic N) is 4. The maximum Gasteiger partial charge on any atom is 0.252 e. The minimum atomic E-state index is -0.216. The molecular formula is C8H9N5O. The topological polar surface area (TPSA) is 90.8 Å². The highest BCUT2D eigenvalue weighted by Gasteiger charge is 2.02. The van der Waals surface area contributed by atoms with Gasteiger partial charge in [0.05, 0.1) is 5.56 Å². The molecule has 0 aliphatic carbocycles. The number of carbonyl (C=O) groups excluding carboxylic acids is 1. The molecule has 1 heterocycles. The third-order valence-corrected chi connectivity index (χ3v) is 1.48. The molecule has 0 unspecified atom stereocenters. The van der Waals surface area contributed by atoms with Crippen molar-refractivity contribution in [1.82, 2.24) is 10.3 Å². The van der Waals surface area contributed by atoms with Crippen molar-refractivity contribution in [2.45, 2.75) is 0 Å². The number of nitrogens with one attached hydrogen (secondary N) is 1. The first-order valence-electron chi connectivity index (χ1n) is 4.03. The predicted molar refractivity (Wildman–Crippen MR) is 50.6 cm³/mol. The van der Waals surface area contributed by atoms with Gasteiger partial charge in [-0.1, -0.05) is 5.11 Å². The van der Waals surface area contributed by atoms with Crippen molar-refractivity contribution in [3.05, 3.63) is 40.5 Å². The minimum absolute atomic E-state index is 0.216. The molecule has 14 heavy (non-hydrogen) atoms. The van der Waals surface area contributed by atoms with Gasteiger partial charge < -0.3 is 5.32 Å². The van der Waals surface area contributed by atoms with E-state index in [0.717, 1.165) is 0 Å². The minimum Gasteiger partial charge on any atom is -0.352 e. The summed E-state index contributed by atoms with van der Waals surface area (Å²) in [6.07, 6.45) is 3.07. The molecule has 1 aromatic rings. The number of azide groups is 1. The summed E-state index contributed by atoms with van der Waals surface area (Å²) in [7, 11) is 0. The molecule has 0 spiro atoms. The van der Waals surface area contributed by atoms with Gasteiger partial charge >= 0.3 is 0 Å². The van der Waals surface area contributed by atoms with Crippen molar-refractivity contribution < 1.29 is 4.79 Å². The van der Waals surface area contributed by atoms with Gasteiger partial charge in [0.15, 0.2) is 0 Å². The van der Waals surface area contributed by atoms with Crippen molar-refractivity contribution in [3.63, 3.8) is 0 Å². The van der Waals surface area contributed by atoms with Crippen molar-refractivity contribution in [1.29, 1.82) is 0 Å². The first kappa shape index (κ1) is 10.0. The van der Waals surface area contributed by atoms with Crippen LogP contribution in [-0.2, 0) is 0 Å². The van der Waals surface area contributed by atoms with Gasteiger partial charge in [0, 0.05) is 30.4 Å². The predicted octanol–water partition coefficient (Wildman–Crippen LogP) is 1.12. The molecule has 0 aromatic carbocycles. The summed E-state index contributed by atoms with van der Waals surface area (Å²) < 4.78 is 0. The molecule has 0 fully saturated rings. The van der Waals surface area contributed by atoms with Crippen LogP contribution in [0.5, 0.6) is 0 Å². The van der Waals surface area contributed by atoms with Gasteiger partial charge in [-0.2, -0.15) is 0 Å². The van der Waals surface area contributed by atoms with Crippen LogP contribution in [0.25, 0.3) is 10.4 Å². The molecule has 0 bridgehead atoms. The van der Waals surface area contributed by atoms with E-state index in [0.29, 0.717) is 12.1 Å². The fraction of sp³-hybridized carbons (Fsp3) is 0.250. The highest BCUT2D eigenvalue weighted by molar-refractivity contribution is 5.93. The van der Waals surface area contributed by atoms with E-state index in [1.807, 2.05) is 0 Å². The summed E-state index contributed by atoms with van der Waals surface area (Å²) in [5, 5.41) is 5.88. The average molecular weight is 191 g/mol. The van der Waals surface area contributed by atoms with Crippen LogP contribution < -0.4 is 5.32 Å². The van der Waals surface area contributed by atoms with Crippen molar-refractivity contribution >= 4 is 5.91 Å². The maximum atomic E-state index is 11.3. The third-order valence-electron chi connectivity index (χ3n) is 1.48. The molecule has 0 aliphatic heterocycles. The summed E-state index contributed by atoms with van der Waals surface area (Å²) in [4.78, 5) is 17.7. The lowest BCUT2D eigenvalue weighted by Gasteiger charge is -2.01. The Bertz CT molecular complexity index is 344. The molecule has 72 valence electrons. The molecule has 1 rings (SSSR count). The number of amides is 1. The van der Waals surface area contributed by atoms with Gasteiger partial charge in [-0.25, -0.2) is 0 Å².